The van der Waals surface area contributed by atoms with Gasteiger partial charge in [0.05, 0.1) is 17.9 Å². The SMILES string of the molecule is N#CC(C(=O)c1ccoc1Br)c1cc(F)cc(F)c1. The van der Waals surface area contributed by atoms with Gasteiger partial charge >= 0.3 is 0 Å². The third-order valence-corrected chi connectivity index (χ3v) is 3.11. The molecule has 19 heavy (non-hydrogen) atoms. The number of hydrogen-bond donors (Lipinski definition) is 0. The molecule has 1 aromatic heterocycles. The molecule has 1 atom stereocenters. The van der Waals surface area contributed by atoms with Gasteiger partial charge in [0.1, 0.15) is 17.6 Å². The van der Waals surface area contributed by atoms with Crippen LogP contribution in [0.4, 0.5) is 8.78 Å². The summed E-state index contributed by atoms with van der Waals surface area (Å²) >= 11 is 3.02. The van der Waals surface area contributed by atoms with Crippen LogP contribution < -0.4 is 0 Å². The van der Waals surface area contributed by atoms with Crippen molar-refractivity contribution in [3.8, 4) is 6.07 Å². The van der Waals surface area contributed by atoms with Crippen molar-refractivity contribution in [2.45, 2.75) is 5.92 Å². The Hall–Kier alpha value is -2.00. The van der Waals surface area contributed by atoms with Gasteiger partial charge in [0.15, 0.2) is 10.5 Å². The monoisotopic (exact) mass is 325 g/mol. The molecule has 0 radical (unpaired) electrons. The lowest BCUT2D eigenvalue weighted by Crippen LogP contribution is -2.11. The van der Waals surface area contributed by atoms with E-state index in [2.05, 4.69) is 15.9 Å². The molecule has 0 N–H and O–H groups in total. The quantitative estimate of drug-likeness (QED) is 0.806. The van der Waals surface area contributed by atoms with Crippen LogP contribution in [-0.4, -0.2) is 5.78 Å². The van der Waals surface area contributed by atoms with Crippen LogP contribution in [0, 0.1) is 23.0 Å². The molecule has 0 bridgehead atoms. The van der Waals surface area contributed by atoms with Crippen molar-refractivity contribution < 1.29 is 18.0 Å². The number of Topliss-reactive ketones (excluding diaryl/α,β-unsaturated/α-hetero) is 1. The third-order valence-electron chi connectivity index (χ3n) is 2.49. The van der Waals surface area contributed by atoms with E-state index in [4.69, 9.17) is 9.68 Å². The summed E-state index contributed by atoms with van der Waals surface area (Å²) in [6.07, 6.45) is 1.28. The van der Waals surface area contributed by atoms with Crippen LogP contribution >= 0.6 is 15.9 Å². The van der Waals surface area contributed by atoms with Gasteiger partial charge < -0.3 is 4.42 Å². The molecule has 2 aromatic rings. The Balaban J connectivity index is 2.43. The first-order valence-corrected chi connectivity index (χ1v) is 5.95. The van der Waals surface area contributed by atoms with Crippen LogP contribution in [0.25, 0.3) is 0 Å². The second kappa shape index (κ2) is 5.33. The highest BCUT2D eigenvalue weighted by Crippen LogP contribution is 2.27. The zero-order valence-electron chi connectivity index (χ0n) is 9.36. The minimum atomic E-state index is -1.29. The van der Waals surface area contributed by atoms with Gasteiger partial charge in [-0.15, -0.1) is 0 Å². The van der Waals surface area contributed by atoms with Crippen molar-refractivity contribution in [1.29, 1.82) is 5.26 Å². The first-order chi connectivity index (χ1) is 9.02. The van der Waals surface area contributed by atoms with E-state index in [1.807, 2.05) is 0 Å². The second-order valence-electron chi connectivity index (χ2n) is 3.74. The topological polar surface area (TPSA) is 54.0 Å². The van der Waals surface area contributed by atoms with E-state index in [0.717, 1.165) is 12.1 Å². The molecule has 0 saturated heterocycles. The maximum absolute atomic E-state index is 13.1. The number of rotatable bonds is 3. The summed E-state index contributed by atoms with van der Waals surface area (Å²) in [5.41, 5.74) is 0.120. The minimum Gasteiger partial charge on any atom is -0.457 e. The molecular weight excluding hydrogens is 320 g/mol. The summed E-state index contributed by atoms with van der Waals surface area (Å²) in [4.78, 5) is 12.1. The molecule has 0 aliphatic carbocycles. The Kier molecular flexibility index (Phi) is 3.76. The van der Waals surface area contributed by atoms with E-state index < -0.39 is 23.3 Å². The molecule has 1 heterocycles. The first kappa shape index (κ1) is 13.4. The molecular formula is C13H6BrF2NO2. The highest BCUT2D eigenvalue weighted by Gasteiger charge is 2.25. The Labute approximate surface area is 115 Å². The third kappa shape index (κ3) is 2.71. The lowest BCUT2D eigenvalue weighted by atomic mass is 9.93. The normalized spacial score (nSPS) is 11.9. The van der Waals surface area contributed by atoms with E-state index in [9.17, 15) is 13.6 Å². The van der Waals surface area contributed by atoms with Crippen molar-refractivity contribution in [3.05, 3.63) is 58.0 Å². The van der Waals surface area contributed by atoms with E-state index in [0.29, 0.717) is 6.07 Å². The molecule has 3 nitrogen and oxygen atoms in total. The highest BCUT2D eigenvalue weighted by atomic mass is 79.9. The molecule has 0 saturated carbocycles. The number of hydrogen-bond acceptors (Lipinski definition) is 3. The van der Waals surface area contributed by atoms with Gasteiger partial charge in [-0.3, -0.25) is 4.79 Å². The molecule has 0 aliphatic rings. The highest BCUT2D eigenvalue weighted by molar-refractivity contribution is 9.10. The zero-order chi connectivity index (χ0) is 14.0. The summed E-state index contributed by atoms with van der Waals surface area (Å²) in [5.74, 6) is -3.56. The van der Waals surface area contributed by atoms with Crippen molar-refractivity contribution in [2.24, 2.45) is 0 Å². The predicted molar refractivity (Wildman–Crippen MR) is 65.5 cm³/mol. The minimum absolute atomic E-state index is 0.0295. The molecule has 2 rings (SSSR count). The number of nitrogens with zero attached hydrogens (tertiary/aromatic N) is 1. The van der Waals surface area contributed by atoms with Crippen LogP contribution in [0.1, 0.15) is 21.8 Å². The van der Waals surface area contributed by atoms with Gasteiger partial charge in [0.25, 0.3) is 0 Å². The van der Waals surface area contributed by atoms with Gasteiger partial charge in [-0.2, -0.15) is 5.26 Å². The van der Waals surface area contributed by atoms with E-state index in [-0.39, 0.29) is 15.8 Å². The van der Waals surface area contributed by atoms with Crippen LogP contribution in [-0.2, 0) is 0 Å². The van der Waals surface area contributed by atoms with Gasteiger partial charge in [0.2, 0.25) is 0 Å². The summed E-state index contributed by atoms with van der Waals surface area (Å²) in [7, 11) is 0. The van der Waals surface area contributed by atoms with Crippen LogP contribution in [0.2, 0.25) is 0 Å². The largest absolute Gasteiger partial charge is 0.457 e. The number of benzene rings is 1. The van der Waals surface area contributed by atoms with Crippen molar-refractivity contribution >= 4 is 21.7 Å². The fraction of sp³-hybridized carbons (Fsp3) is 0.0769. The lowest BCUT2D eigenvalue weighted by molar-refractivity contribution is 0.0977. The van der Waals surface area contributed by atoms with Gasteiger partial charge in [0, 0.05) is 6.07 Å². The van der Waals surface area contributed by atoms with Crippen molar-refractivity contribution in [2.75, 3.05) is 0 Å². The Morgan fingerprint density at radius 2 is 1.95 bits per heavy atom. The lowest BCUT2D eigenvalue weighted by Gasteiger charge is -2.08. The molecule has 0 aliphatic heterocycles. The van der Waals surface area contributed by atoms with E-state index in [1.165, 1.54) is 12.3 Å². The number of carbonyl (C=O) groups is 1. The van der Waals surface area contributed by atoms with Gasteiger partial charge in [-0.05, 0) is 39.7 Å². The molecule has 0 spiro atoms. The van der Waals surface area contributed by atoms with E-state index in [1.54, 1.807) is 6.07 Å². The molecule has 0 fully saturated rings. The van der Waals surface area contributed by atoms with Gasteiger partial charge in [-0.1, -0.05) is 0 Å². The van der Waals surface area contributed by atoms with Gasteiger partial charge in [-0.25, -0.2) is 8.78 Å². The number of furan rings is 1. The fourth-order valence-electron chi connectivity index (χ4n) is 1.65. The molecule has 1 aromatic carbocycles. The van der Waals surface area contributed by atoms with Crippen molar-refractivity contribution in [1.82, 2.24) is 0 Å². The van der Waals surface area contributed by atoms with Crippen LogP contribution in [0.3, 0.4) is 0 Å². The molecule has 0 amide bonds. The fourth-order valence-corrected chi connectivity index (χ4v) is 2.09. The number of nitriles is 1. The molecule has 1 unspecified atom stereocenters. The first-order valence-electron chi connectivity index (χ1n) is 5.15. The average molecular weight is 326 g/mol. The Bertz CT molecular complexity index is 655. The maximum atomic E-state index is 13.1. The van der Waals surface area contributed by atoms with Crippen LogP contribution in [0.5, 0.6) is 0 Å². The summed E-state index contributed by atoms with van der Waals surface area (Å²) in [6, 6.07) is 5.72. The summed E-state index contributed by atoms with van der Waals surface area (Å²) < 4.78 is 31.3. The predicted octanol–water partition coefficient (Wildman–Crippen LogP) is 3.81. The smallest absolute Gasteiger partial charge is 0.188 e. The molecule has 6 heteroatoms. The number of carbonyl (C=O) groups excluding carboxylic acids is 1. The Morgan fingerprint density at radius 1 is 1.32 bits per heavy atom. The maximum Gasteiger partial charge on any atom is 0.188 e. The average Bonchev–Trinajstić information content (AvgIpc) is 2.75. The Morgan fingerprint density at radius 3 is 2.42 bits per heavy atom. The van der Waals surface area contributed by atoms with Crippen molar-refractivity contribution in [3.63, 3.8) is 0 Å². The number of halogens is 3. The second-order valence-corrected chi connectivity index (χ2v) is 4.46. The van der Waals surface area contributed by atoms with E-state index >= 15 is 0 Å². The molecule has 96 valence electrons. The van der Waals surface area contributed by atoms with Crippen LogP contribution in [0.15, 0.2) is 39.6 Å². The zero-order valence-corrected chi connectivity index (χ0v) is 10.9. The summed E-state index contributed by atoms with van der Waals surface area (Å²) in [5, 5.41) is 9.06. The standard InChI is InChI=1S/C13H6BrF2NO2/c14-13-10(1-2-19-13)12(18)11(6-17)7-3-8(15)5-9(16)4-7/h1-5,11H. The number of ketones is 1. The summed E-state index contributed by atoms with van der Waals surface area (Å²) in [6.45, 7) is 0.